The zero-order chi connectivity index (χ0) is 10.4. The van der Waals surface area contributed by atoms with Crippen molar-refractivity contribution in [3.05, 3.63) is 0 Å². The highest BCUT2D eigenvalue weighted by Gasteiger charge is 2.27. The molecule has 0 aromatic carbocycles. The van der Waals surface area contributed by atoms with Gasteiger partial charge in [0.2, 0.25) is 0 Å². The largest absolute Gasteiger partial charge is 0.381 e. The molecule has 0 aliphatic carbocycles. The van der Waals surface area contributed by atoms with Gasteiger partial charge in [0, 0.05) is 12.5 Å². The van der Waals surface area contributed by atoms with E-state index in [2.05, 4.69) is 24.8 Å². The Bertz CT molecular complexity index is 190. The van der Waals surface area contributed by atoms with Crippen LogP contribution in [0.5, 0.6) is 0 Å². The maximum Gasteiger partial charge on any atom is 0.103 e. The van der Waals surface area contributed by atoms with Gasteiger partial charge >= 0.3 is 0 Å². The van der Waals surface area contributed by atoms with Crippen LogP contribution in [0, 0.1) is 17.2 Å². The van der Waals surface area contributed by atoms with E-state index in [1.165, 1.54) is 0 Å². The van der Waals surface area contributed by atoms with Crippen LogP contribution in [-0.2, 0) is 4.74 Å². The van der Waals surface area contributed by atoms with Crippen molar-refractivity contribution in [3.63, 3.8) is 0 Å². The summed E-state index contributed by atoms with van der Waals surface area (Å²) < 4.78 is 5.43. The summed E-state index contributed by atoms with van der Waals surface area (Å²) >= 11 is 0. The summed E-state index contributed by atoms with van der Waals surface area (Å²) in [5, 5.41) is 9.16. The molecule has 1 saturated heterocycles. The molecule has 2 unspecified atom stereocenters. The van der Waals surface area contributed by atoms with Gasteiger partial charge < -0.3 is 4.74 Å². The highest BCUT2D eigenvalue weighted by Crippen LogP contribution is 2.20. The van der Waals surface area contributed by atoms with Crippen LogP contribution in [0.1, 0.15) is 26.7 Å². The van der Waals surface area contributed by atoms with E-state index in [1.54, 1.807) is 0 Å². The average molecular weight is 196 g/mol. The van der Waals surface area contributed by atoms with Gasteiger partial charge in [0.25, 0.3) is 0 Å². The van der Waals surface area contributed by atoms with Gasteiger partial charge in [0.1, 0.15) is 6.04 Å². The Hall–Kier alpha value is -0.590. The van der Waals surface area contributed by atoms with Gasteiger partial charge in [-0.3, -0.25) is 4.90 Å². The summed E-state index contributed by atoms with van der Waals surface area (Å²) in [6, 6.07) is 2.47. The summed E-state index contributed by atoms with van der Waals surface area (Å²) in [5.41, 5.74) is 0. The van der Waals surface area contributed by atoms with Gasteiger partial charge in [-0.15, -0.1) is 0 Å². The van der Waals surface area contributed by atoms with E-state index < -0.39 is 0 Å². The van der Waals surface area contributed by atoms with Crippen LogP contribution >= 0.6 is 0 Å². The summed E-state index contributed by atoms with van der Waals surface area (Å²) in [6.45, 7) is 7.74. The molecule has 0 spiro atoms. The highest BCUT2D eigenvalue weighted by atomic mass is 16.5. The van der Waals surface area contributed by atoms with Gasteiger partial charge in [-0.2, -0.15) is 5.26 Å². The summed E-state index contributed by atoms with van der Waals surface area (Å²) in [7, 11) is 0. The lowest BCUT2D eigenvalue weighted by Gasteiger charge is -2.33. The fraction of sp³-hybridized carbons (Fsp3) is 0.909. The minimum atomic E-state index is 0.0466. The van der Waals surface area contributed by atoms with E-state index in [9.17, 15) is 0 Å². The maximum absolute atomic E-state index is 9.16. The van der Waals surface area contributed by atoms with Crippen LogP contribution in [0.25, 0.3) is 0 Å². The van der Waals surface area contributed by atoms with Crippen LogP contribution in [0.3, 0.4) is 0 Å². The van der Waals surface area contributed by atoms with Crippen molar-refractivity contribution in [3.8, 4) is 6.07 Å². The van der Waals surface area contributed by atoms with Gasteiger partial charge in [0.05, 0.1) is 12.7 Å². The summed E-state index contributed by atoms with van der Waals surface area (Å²) in [5.74, 6) is 0.411. The molecule has 0 aromatic heterocycles. The lowest BCUT2D eigenvalue weighted by Crippen LogP contribution is -2.42. The molecule has 0 saturated carbocycles. The Morgan fingerprint density at radius 3 is 2.64 bits per heavy atom. The number of rotatable bonds is 4. The van der Waals surface area contributed by atoms with Gasteiger partial charge in [-0.05, 0) is 25.9 Å². The third kappa shape index (κ3) is 2.70. The van der Waals surface area contributed by atoms with Crippen LogP contribution < -0.4 is 0 Å². The third-order valence-corrected chi connectivity index (χ3v) is 2.98. The van der Waals surface area contributed by atoms with E-state index in [0.29, 0.717) is 5.92 Å². The molecule has 14 heavy (non-hydrogen) atoms. The fourth-order valence-electron chi connectivity index (χ4n) is 2.12. The van der Waals surface area contributed by atoms with Crippen molar-refractivity contribution in [1.82, 2.24) is 4.90 Å². The molecular weight excluding hydrogens is 176 g/mol. The predicted molar refractivity (Wildman–Crippen MR) is 55.9 cm³/mol. The molecule has 2 atom stereocenters. The molecule has 0 radical (unpaired) electrons. The number of hydrogen-bond acceptors (Lipinski definition) is 3. The molecule has 0 aromatic rings. The second-order valence-corrected chi connectivity index (χ2v) is 3.77. The van der Waals surface area contributed by atoms with Crippen molar-refractivity contribution in [1.29, 1.82) is 5.26 Å². The first kappa shape index (κ1) is 11.5. The topological polar surface area (TPSA) is 36.3 Å². The first-order valence-electron chi connectivity index (χ1n) is 5.54. The standard InChI is InChI=1S/C11H20N2O/c1-3-13(4-2)11(8-12)10-6-5-7-14-9-10/h10-11H,3-7,9H2,1-2H3. The molecule has 0 N–H and O–H groups in total. The van der Waals surface area contributed by atoms with Crippen molar-refractivity contribution < 1.29 is 4.74 Å². The molecule has 1 heterocycles. The normalized spacial score (nSPS) is 24.6. The summed E-state index contributed by atoms with van der Waals surface area (Å²) in [4.78, 5) is 2.22. The molecular formula is C11H20N2O. The van der Waals surface area contributed by atoms with Crippen LogP contribution in [0.4, 0.5) is 0 Å². The SMILES string of the molecule is CCN(CC)C(C#N)C1CCCOC1. The fourth-order valence-corrected chi connectivity index (χ4v) is 2.12. The molecule has 1 aliphatic rings. The molecule has 0 amide bonds. The third-order valence-electron chi connectivity index (χ3n) is 2.98. The lowest BCUT2D eigenvalue weighted by atomic mass is 9.93. The van der Waals surface area contributed by atoms with Crippen molar-refractivity contribution in [2.45, 2.75) is 32.7 Å². The minimum Gasteiger partial charge on any atom is -0.381 e. The zero-order valence-corrected chi connectivity index (χ0v) is 9.20. The molecule has 80 valence electrons. The first-order valence-corrected chi connectivity index (χ1v) is 5.54. The quantitative estimate of drug-likeness (QED) is 0.686. The number of hydrogen-bond donors (Lipinski definition) is 0. The molecule has 1 fully saturated rings. The van der Waals surface area contributed by atoms with Crippen molar-refractivity contribution in [2.24, 2.45) is 5.92 Å². The van der Waals surface area contributed by atoms with Gasteiger partial charge in [-0.1, -0.05) is 13.8 Å². The highest BCUT2D eigenvalue weighted by molar-refractivity contribution is 4.96. The monoisotopic (exact) mass is 196 g/mol. The zero-order valence-electron chi connectivity index (χ0n) is 9.20. The summed E-state index contributed by atoms with van der Waals surface area (Å²) in [6.07, 6.45) is 2.23. The second kappa shape index (κ2) is 6.00. The van der Waals surface area contributed by atoms with Crippen LogP contribution in [0.2, 0.25) is 0 Å². The number of nitrogens with zero attached hydrogens (tertiary/aromatic N) is 2. The Morgan fingerprint density at radius 2 is 2.21 bits per heavy atom. The predicted octanol–water partition coefficient (Wildman–Crippen LogP) is 1.65. The smallest absolute Gasteiger partial charge is 0.103 e. The van der Waals surface area contributed by atoms with E-state index in [1.807, 2.05) is 0 Å². The molecule has 0 bridgehead atoms. The Kier molecular flexibility index (Phi) is 4.92. The van der Waals surface area contributed by atoms with E-state index >= 15 is 0 Å². The second-order valence-electron chi connectivity index (χ2n) is 3.77. The molecule has 3 nitrogen and oxygen atoms in total. The Morgan fingerprint density at radius 1 is 1.50 bits per heavy atom. The Labute approximate surface area is 86.6 Å². The van der Waals surface area contributed by atoms with Crippen molar-refractivity contribution in [2.75, 3.05) is 26.3 Å². The number of ether oxygens (including phenoxy) is 1. The molecule has 1 rings (SSSR count). The average Bonchev–Trinajstić information content (AvgIpc) is 2.27. The lowest BCUT2D eigenvalue weighted by molar-refractivity contribution is 0.0251. The van der Waals surface area contributed by atoms with Crippen molar-refractivity contribution >= 4 is 0 Å². The van der Waals surface area contributed by atoms with Gasteiger partial charge in [-0.25, -0.2) is 0 Å². The van der Waals surface area contributed by atoms with E-state index in [0.717, 1.165) is 39.1 Å². The molecule has 1 aliphatic heterocycles. The Balaban J connectivity index is 2.55. The van der Waals surface area contributed by atoms with Gasteiger partial charge in [0.15, 0.2) is 0 Å². The van der Waals surface area contributed by atoms with E-state index in [4.69, 9.17) is 10.00 Å². The van der Waals surface area contributed by atoms with Crippen LogP contribution in [-0.4, -0.2) is 37.2 Å². The maximum atomic E-state index is 9.16. The molecule has 3 heteroatoms. The first-order chi connectivity index (χ1) is 6.83. The minimum absolute atomic E-state index is 0.0466. The van der Waals surface area contributed by atoms with Crippen LogP contribution in [0.15, 0.2) is 0 Å². The van der Waals surface area contributed by atoms with E-state index in [-0.39, 0.29) is 6.04 Å². The number of nitriles is 1.